The van der Waals surface area contributed by atoms with Crippen LogP contribution in [0.5, 0.6) is 17.2 Å². The molecule has 0 bridgehead atoms. The fourth-order valence-electron chi connectivity index (χ4n) is 6.99. The molecule has 300 valence electrons. The van der Waals surface area contributed by atoms with Crippen LogP contribution in [0.25, 0.3) is 0 Å². The third kappa shape index (κ3) is 10.9. The first kappa shape index (κ1) is 40.7. The van der Waals surface area contributed by atoms with Crippen LogP contribution < -0.4 is 24.8 Å². The summed E-state index contributed by atoms with van der Waals surface area (Å²) in [6.45, 7) is 4.73. The number of amides is 1. The molecule has 0 aromatic heterocycles. The van der Waals surface area contributed by atoms with E-state index in [-0.39, 0.29) is 49.7 Å². The monoisotopic (exact) mass is 791 g/mol. The van der Waals surface area contributed by atoms with Gasteiger partial charge in [-0.15, -0.1) is 0 Å². The number of benzene rings is 3. The third-order valence-corrected chi connectivity index (χ3v) is 11.7. The van der Waals surface area contributed by atoms with Crippen molar-refractivity contribution in [3.63, 3.8) is 0 Å². The fraction of sp³-hybridized carbons (Fsp3) is 0.475. The molecule has 3 aromatic carbocycles. The molecule has 0 aliphatic carbocycles. The van der Waals surface area contributed by atoms with Crippen LogP contribution in [-0.4, -0.2) is 94.1 Å². The number of nitriles is 1. The third-order valence-electron chi connectivity index (χ3n) is 9.92. The van der Waals surface area contributed by atoms with Crippen molar-refractivity contribution in [2.45, 2.75) is 75.4 Å². The summed E-state index contributed by atoms with van der Waals surface area (Å²) in [7, 11) is -4.21. The number of rotatable bonds is 17. The van der Waals surface area contributed by atoms with Crippen LogP contribution in [0.4, 0.5) is 4.79 Å². The number of fused-ring (bicyclic) bond motifs is 2. The minimum Gasteiger partial charge on any atom is -0.454 e. The smallest absolute Gasteiger partial charge is 0.407 e. The van der Waals surface area contributed by atoms with Crippen LogP contribution in [0.3, 0.4) is 0 Å². The summed E-state index contributed by atoms with van der Waals surface area (Å²) >= 11 is 0. The maximum absolute atomic E-state index is 14.5. The van der Waals surface area contributed by atoms with Gasteiger partial charge in [0.1, 0.15) is 11.9 Å². The number of sulfonamides is 1. The Morgan fingerprint density at radius 2 is 1.80 bits per heavy atom. The molecule has 5 atom stereocenters. The lowest BCUT2D eigenvalue weighted by atomic mass is 9.87. The molecule has 0 saturated carbocycles. The van der Waals surface area contributed by atoms with Crippen molar-refractivity contribution in [1.82, 2.24) is 14.9 Å². The van der Waals surface area contributed by atoms with Gasteiger partial charge in [-0.25, -0.2) is 23.5 Å². The normalized spacial score (nSPS) is 20.2. The molecule has 0 spiro atoms. The number of aliphatic hydroxyl groups excluding tert-OH is 1. The summed E-state index contributed by atoms with van der Waals surface area (Å²) in [5.41, 5.74) is 0.269. The molecule has 3 aliphatic heterocycles. The summed E-state index contributed by atoms with van der Waals surface area (Å²) in [5.74, 6) is 1.22. The van der Waals surface area contributed by atoms with Crippen molar-refractivity contribution in [2.24, 2.45) is 16.3 Å². The van der Waals surface area contributed by atoms with E-state index in [1.165, 1.54) is 16.4 Å². The molecule has 0 unspecified atom stereocenters. The maximum atomic E-state index is 14.5. The Labute approximate surface area is 327 Å². The number of amidine groups is 1. The Bertz CT molecular complexity index is 1940. The highest BCUT2D eigenvalue weighted by atomic mass is 32.2. The Morgan fingerprint density at radius 3 is 2.57 bits per heavy atom. The standard InChI is InChI=1S/C40H49N5O10S/c1-40(2,18-9-10-19-42-38(43-26-41)54-29-13-7-4-8-14-29)25-45(56(48,49)30-15-16-34-35(22-30)53-27-52-34)23-33(46)32(21-28-11-5-3-6-12-28)44-39(47)55-36-24-51-37-31(36)17-20-50-37/h3-8,11-16,22,31-33,36-37,46H,9-10,17-21,23-25,27H2,1-2H3,(H,42,43)(H,44,47)/t31-,32-,33+,36-,37+/m0/s1. The predicted molar refractivity (Wildman–Crippen MR) is 204 cm³/mol. The molecule has 6 rings (SSSR count). The summed E-state index contributed by atoms with van der Waals surface area (Å²) in [6.07, 6.45) is 1.72. The Balaban J connectivity index is 1.16. The second-order valence-electron chi connectivity index (χ2n) is 14.7. The van der Waals surface area contributed by atoms with Crippen molar-refractivity contribution in [1.29, 1.82) is 5.26 Å². The number of carbonyl (C=O) groups is 1. The van der Waals surface area contributed by atoms with Gasteiger partial charge in [-0.05, 0) is 60.9 Å². The molecule has 3 N–H and O–H groups in total. The first-order chi connectivity index (χ1) is 27.0. The fourth-order valence-corrected chi connectivity index (χ4v) is 8.65. The van der Waals surface area contributed by atoms with Gasteiger partial charge in [0.25, 0.3) is 0 Å². The van der Waals surface area contributed by atoms with E-state index >= 15 is 0 Å². The Kier molecular flexibility index (Phi) is 13.7. The van der Waals surface area contributed by atoms with Gasteiger partial charge in [0, 0.05) is 25.7 Å². The number of nitrogens with zero attached hydrogens (tertiary/aromatic N) is 3. The molecule has 16 heteroatoms. The SMILES string of the molecule is CC(C)(CCCCN=C(NC#N)Oc1ccccc1)CN(C[C@@H](O)[C@H](Cc1ccccc1)NC(=O)O[C@H]1CO[C@H]2OCC[C@H]21)S(=O)(=O)c1ccc2c(c1)OCO2. The van der Waals surface area contributed by atoms with Gasteiger partial charge in [0.2, 0.25) is 16.8 Å². The molecule has 2 fully saturated rings. The molecule has 1 amide bonds. The summed E-state index contributed by atoms with van der Waals surface area (Å²) < 4.78 is 63.8. The number of hydrogen-bond donors (Lipinski definition) is 3. The van der Waals surface area contributed by atoms with Gasteiger partial charge < -0.3 is 38.8 Å². The zero-order valence-corrected chi connectivity index (χ0v) is 32.4. The molecule has 3 aromatic rings. The van der Waals surface area contributed by atoms with Gasteiger partial charge >= 0.3 is 12.1 Å². The number of hydrogen-bond acceptors (Lipinski definition) is 12. The van der Waals surface area contributed by atoms with Crippen molar-refractivity contribution in [3.8, 4) is 23.4 Å². The molecule has 3 heterocycles. The maximum Gasteiger partial charge on any atom is 0.407 e. The zero-order chi connectivity index (χ0) is 39.5. The van der Waals surface area contributed by atoms with Gasteiger partial charge in [-0.2, -0.15) is 9.57 Å². The molecule has 2 saturated heterocycles. The van der Waals surface area contributed by atoms with E-state index in [1.54, 1.807) is 18.2 Å². The largest absolute Gasteiger partial charge is 0.454 e. The van der Waals surface area contributed by atoms with Crippen LogP contribution in [0.2, 0.25) is 0 Å². The molecule has 0 radical (unpaired) electrons. The van der Waals surface area contributed by atoms with E-state index in [0.29, 0.717) is 56.1 Å². The number of alkyl carbamates (subject to hydrolysis) is 1. The highest BCUT2D eigenvalue weighted by molar-refractivity contribution is 7.89. The molecular formula is C40H49N5O10S. The molecule has 15 nitrogen and oxygen atoms in total. The minimum atomic E-state index is -4.21. The quantitative estimate of drug-likeness (QED) is 0.0569. The van der Waals surface area contributed by atoms with Gasteiger partial charge in [0.05, 0.1) is 36.2 Å². The first-order valence-electron chi connectivity index (χ1n) is 18.8. The minimum absolute atomic E-state index is 0.0171. The van der Waals surface area contributed by atoms with Crippen molar-refractivity contribution >= 4 is 22.1 Å². The zero-order valence-electron chi connectivity index (χ0n) is 31.5. The van der Waals surface area contributed by atoms with Crippen LogP contribution in [0.15, 0.2) is 88.8 Å². The van der Waals surface area contributed by atoms with Crippen molar-refractivity contribution < 1.29 is 46.7 Å². The van der Waals surface area contributed by atoms with Crippen LogP contribution >= 0.6 is 0 Å². The van der Waals surface area contributed by atoms with Gasteiger partial charge in [-0.3, -0.25) is 0 Å². The lowest BCUT2D eigenvalue weighted by Crippen LogP contribution is -2.52. The number of aliphatic hydroxyl groups is 1. The lowest BCUT2D eigenvalue weighted by molar-refractivity contribution is -0.0907. The first-order valence-corrected chi connectivity index (χ1v) is 20.2. The summed E-state index contributed by atoms with van der Waals surface area (Å²) in [4.78, 5) is 17.7. The van der Waals surface area contributed by atoms with E-state index in [2.05, 4.69) is 15.6 Å². The van der Waals surface area contributed by atoms with E-state index < -0.39 is 46.1 Å². The van der Waals surface area contributed by atoms with Gasteiger partial charge in [-0.1, -0.05) is 68.8 Å². The molecular weight excluding hydrogens is 743 g/mol. The molecule has 56 heavy (non-hydrogen) atoms. The average Bonchev–Trinajstić information content (AvgIpc) is 3.94. The number of aliphatic imine (C=N–C) groups is 1. The van der Waals surface area contributed by atoms with Crippen LogP contribution in [0, 0.1) is 22.8 Å². The second-order valence-corrected chi connectivity index (χ2v) is 16.7. The number of carbonyl (C=O) groups excluding carboxylic acids is 1. The lowest BCUT2D eigenvalue weighted by Gasteiger charge is -2.35. The summed E-state index contributed by atoms with van der Waals surface area (Å²) in [6, 6.07) is 21.9. The van der Waals surface area contributed by atoms with E-state index in [9.17, 15) is 18.3 Å². The van der Waals surface area contributed by atoms with Crippen molar-refractivity contribution in [3.05, 3.63) is 84.4 Å². The van der Waals surface area contributed by atoms with Crippen LogP contribution in [-0.2, 0) is 30.7 Å². The van der Waals surface area contributed by atoms with Crippen molar-refractivity contribution in [2.75, 3.05) is 39.6 Å². The van der Waals surface area contributed by atoms with E-state index in [4.69, 9.17) is 33.7 Å². The number of ether oxygens (including phenoxy) is 6. The second kappa shape index (κ2) is 18.8. The van der Waals surface area contributed by atoms with E-state index in [0.717, 1.165) is 5.56 Å². The van der Waals surface area contributed by atoms with Gasteiger partial charge in [0.15, 0.2) is 24.0 Å². The van der Waals surface area contributed by atoms with Crippen LogP contribution in [0.1, 0.15) is 45.1 Å². The predicted octanol–water partition coefficient (Wildman–Crippen LogP) is 4.57. The number of unbranched alkanes of at least 4 members (excludes halogenated alkanes) is 1. The number of para-hydroxylation sites is 1. The Morgan fingerprint density at radius 1 is 1.05 bits per heavy atom. The summed E-state index contributed by atoms with van der Waals surface area (Å²) in [5, 5.41) is 26.4. The Hall–Kier alpha value is -4.92. The number of nitrogens with one attached hydrogen (secondary N) is 2. The highest BCUT2D eigenvalue weighted by Crippen LogP contribution is 2.36. The molecule has 3 aliphatic rings. The topological polar surface area (TPSA) is 190 Å². The average molecular weight is 792 g/mol. The highest BCUT2D eigenvalue weighted by Gasteiger charge is 2.44. The van der Waals surface area contributed by atoms with E-state index in [1.807, 2.05) is 68.6 Å².